The number of nitrogens with one attached hydrogen (secondary N) is 1. The maximum atomic E-state index is 12.4. The molecule has 0 aliphatic heterocycles. The molecule has 6 nitrogen and oxygen atoms in total. The van der Waals surface area contributed by atoms with Crippen molar-refractivity contribution < 1.29 is 31.5 Å². The molecule has 0 fully saturated rings. The summed E-state index contributed by atoms with van der Waals surface area (Å²) in [5.74, 6) is -0.509. The van der Waals surface area contributed by atoms with Crippen molar-refractivity contribution in [3.05, 3.63) is 59.2 Å². The molecule has 2 aromatic carbocycles. The molecule has 0 amide bonds. The number of esters is 1. The van der Waals surface area contributed by atoms with Crippen LogP contribution in [-0.4, -0.2) is 34.7 Å². The van der Waals surface area contributed by atoms with E-state index in [1.807, 2.05) is 0 Å². The molecule has 2 aromatic rings. The van der Waals surface area contributed by atoms with Crippen molar-refractivity contribution in [2.75, 3.05) is 13.7 Å². The van der Waals surface area contributed by atoms with E-state index in [1.54, 1.807) is 19.1 Å². The van der Waals surface area contributed by atoms with E-state index < -0.39 is 22.6 Å². The number of sulfonamides is 1. The van der Waals surface area contributed by atoms with Crippen molar-refractivity contribution in [1.82, 2.24) is 4.72 Å². The van der Waals surface area contributed by atoms with Crippen LogP contribution in [0.1, 0.15) is 21.5 Å². The summed E-state index contributed by atoms with van der Waals surface area (Å²) in [5.41, 5.74) is 1.44. The van der Waals surface area contributed by atoms with Crippen molar-refractivity contribution in [2.45, 2.75) is 24.9 Å². The Bertz CT molecular complexity index is 898. The van der Waals surface area contributed by atoms with Gasteiger partial charge in [0.2, 0.25) is 10.0 Å². The second kappa shape index (κ2) is 8.92. The fourth-order valence-corrected chi connectivity index (χ4v) is 3.70. The zero-order valence-corrected chi connectivity index (χ0v) is 15.6. The summed E-state index contributed by atoms with van der Waals surface area (Å²) in [4.78, 5) is 11.6. The molecule has 0 spiro atoms. The first-order valence-electron chi connectivity index (χ1n) is 7.95. The van der Waals surface area contributed by atoms with Gasteiger partial charge in [-0.25, -0.2) is 17.9 Å². The molecule has 0 heterocycles. The van der Waals surface area contributed by atoms with E-state index >= 15 is 0 Å². The first kappa shape index (κ1) is 20.8. The van der Waals surface area contributed by atoms with Crippen LogP contribution in [0, 0.1) is 6.92 Å². The summed E-state index contributed by atoms with van der Waals surface area (Å²) in [5, 5.41) is 0. The minimum atomic E-state index is -3.76. The van der Waals surface area contributed by atoms with Gasteiger partial charge in [0.15, 0.2) is 0 Å². The minimum Gasteiger partial charge on any atom is -0.465 e. The lowest BCUT2D eigenvalue weighted by Gasteiger charge is -2.11. The highest BCUT2D eigenvalue weighted by atomic mass is 32.2. The molecule has 0 aliphatic rings. The van der Waals surface area contributed by atoms with E-state index in [-0.39, 0.29) is 22.8 Å². The Labute approximate surface area is 156 Å². The number of halogens is 2. The smallest absolute Gasteiger partial charge is 0.387 e. The van der Waals surface area contributed by atoms with Crippen LogP contribution < -0.4 is 9.46 Å². The van der Waals surface area contributed by atoms with Gasteiger partial charge in [-0.15, -0.1) is 0 Å². The van der Waals surface area contributed by atoms with Gasteiger partial charge in [-0.05, 0) is 54.8 Å². The van der Waals surface area contributed by atoms with Crippen molar-refractivity contribution in [3.63, 3.8) is 0 Å². The fourth-order valence-electron chi connectivity index (χ4n) is 2.44. The molecule has 27 heavy (non-hydrogen) atoms. The Morgan fingerprint density at radius 1 is 1.15 bits per heavy atom. The van der Waals surface area contributed by atoms with Crippen LogP contribution in [0.3, 0.4) is 0 Å². The molecule has 0 saturated heterocycles. The SMILES string of the molecule is COC(=O)c1ccc(S(=O)(=O)NCCc2ccc(OC(F)F)cc2)c(C)c1. The van der Waals surface area contributed by atoms with E-state index in [2.05, 4.69) is 14.2 Å². The molecule has 0 aromatic heterocycles. The van der Waals surface area contributed by atoms with Gasteiger partial charge < -0.3 is 9.47 Å². The molecule has 0 atom stereocenters. The van der Waals surface area contributed by atoms with Gasteiger partial charge in [0.05, 0.1) is 17.6 Å². The molecule has 0 bridgehead atoms. The van der Waals surface area contributed by atoms with Gasteiger partial charge >= 0.3 is 12.6 Å². The van der Waals surface area contributed by atoms with Crippen LogP contribution >= 0.6 is 0 Å². The first-order chi connectivity index (χ1) is 12.7. The molecule has 146 valence electrons. The number of ether oxygens (including phenoxy) is 2. The molecule has 0 saturated carbocycles. The normalized spacial score (nSPS) is 11.4. The van der Waals surface area contributed by atoms with E-state index in [4.69, 9.17) is 0 Å². The number of alkyl halides is 2. The molecule has 0 radical (unpaired) electrons. The number of hydrogen-bond donors (Lipinski definition) is 1. The lowest BCUT2D eigenvalue weighted by Crippen LogP contribution is -2.26. The summed E-state index contributed by atoms with van der Waals surface area (Å²) in [6, 6.07) is 10.1. The minimum absolute atomic E-state index is 0.0376. The maximum Gasteiger partial charge on any atom is 0.387 e. The second-order valence-corrected chi connectivity index (χ2v) is 7.38. The van der Waals surface area contributed by atoms with Gasteiger partial charge in [0, 0.05) is 6.54 Å². The van der Waals surface area contributed by atoms with E-state index in [0.717, 1.165) is 5.56 Å². The Morgan fingerprint density at radius 2 is 1.81 bits per heavy atom. The van der Waals surface area contributed by atoms with Crippen LogP contribution in [-0.2, 0) is 21.2 Å². The van der Waals surface area contributed by atoms with Crippen LogP contribution in [0.15, 0.2) is 47.4 Å². The zero-order chi connectivity index (χ0) is 20.0. The van der Waals surface area contributed by atoms with Gasteiger partial charge in [0.1, 0.15) is 5.75 Å². The predicted octanol–water partition coefficient (Wildman–Crippen LogP) is 2.90. The van der Waals surface area contributed by atoms with Crippen LogP contribution in [0.4, 0.5) is 8.78 Å². The van der Waals surface area contributed by atoms with Gasteiger partial charge in [0.25, 0.3) is 0 Å². The highest BCUT2D eigenvalue weighted by Gasteiger charge is 2.18. The fraction of sp³-hybridized carbons (Fsp3) is 0.278. The maximum absolute atomic E-state index is 12.4. The summed E-state index contributed by atoms with van der Waals surface area (Å²) in [7, 11) is -2.51. The van der Waals surface area contributed by atoms with E-state index in [0.29, 0.717) is 12.0 Å². The monoisotopic (exact) mass is 399 g/mol. The molecule has 1 N–H and O–H groups in total. The summed E-state index contributed by atoms with van der Waals surface area (Å²) >= 11 is 0. The van der Waals surface area contributed by atoms with Crippen molar-refractivity contribution in [3.8, 4) is 5.75 Å². The lowest BCUT2D eigenvalue weighted by atomic mass is 10.1. The standard InChI is InChI=1S/C18H19F2NO5S/c1-12-11-14(17(22)25-2)5-8-16(12)27(23,24)21-10-9-13-3-6-15(7-4-13)26-18(19)20/h3-8,11,18,21H,9-10H2,1-2H3. The van der Waals surface area contributed by atoms with Crippen molar-refractivity contribution >= 4 is 16.0 Å². The predicted molar refractivity (Wildman–Crippen MR) is 94.5 cm³/mol. The zero-order valence-electron chi connectivity index (χ0n) is 14.7. The number of methoxy groups -OCH3 is 1. The molecule has 0 unspecified atom stereocenters. The Balaban J connectivity index is 1.99. The Hall–Kier alpha value is -2.52. The van der Waals surface area contributed by atoms with Gasteiger partial charge in [-0.2, -0.15) is 8.78 Å². The topological polar surface area (TPSA) is 81.7 Å². The Morgan fingerprint density at radius 3 is 2.37 bits per heavy atom. The number of carbonyl (C=O) groups is 1. The van der Waals surface area contributed by atoms with Gasteiger partial charge in [-0.3, -0.25) is 0 Å². The molecule has 9 heteroatoms. The van der Waals surface area contributed by atoms with Crippen LogP contribution in [0.2, 0.25) is 0 Å². The number of benzene rings is 2. The summed E-state index contributed by atoms with van der Waals surface area (Å²) in [6.07, 6.45) is 0.369. The third kappa shape index (κ3) is 5.73. The number of hydrogen-bond acceptors (Lipinski definition) is 5. The highest BCUT2D eigenvalue weighted by molar-refractivity contribution is 7.89. The summed E-state index contributed by atoms with van der Waals surface area (Å²) in [6.45, 7) is -1.19. The second-order valence-electron chi connectivity index (χ2n) is 5.64. The molecule has 2 rings (SSSR count). The largest absolute Gasteiger partial charge is 0.465 e. The molecule has 0 aliphatic carbocycles. The third-order valence-corrected chi connectivity index (χ3v) is 5.36. The molecular weight excluding hydrogens is 380 g/mol. The van der Waals surface area contributed by atoms with Crippen LogP contribution in [0.25, 0.3) is 0 Å². The van der Waals surface area contributed by atoms with E-state index in [1.165, 1.54) is 37.4 Å². The van der Waals surface area contributed by atoms with E-state index in [9.17, 15) is 22.0 Å². The summed E-state index contributed by atoms with van der Waals surface area (Å²) < 4.78 is 60.4. The Kier molecular flexibility index (Phi) is 6.86. The highest BCUT2D eigenvalue weighted by Crippen LogP contribution is 2.18. The quantitative estimate of drug-likeness (QED) is 0.691. The lowest BCUT2D eigenvalue weighted by molar-refractivity contribution is -0.0498. The number of aryl methyl sites for hydroxylation is 1. The van der Waals surface area contributed by atoms with Crippen LogP contribution in [0.5, 0.6) is 5.75 Å². The first-order valence-corrected chi connectivity index (χ1v) is 9.43. The molecular formula is C18H19F2NO5S. The van der Waals surface area contributed by atoms with Gasteiger partial charge in [-0.1, -0.05) is 12.1 Å². The average molecular weight is 399 g/mol. The third-order valence-electron chi connectivity index (χ3n) is 3.74. The number of rotatable bonds is 8. The average Bonchev–Trinajstić information content (AvgIpc) is 2.61. The van der Waals surface area contributed by atoms with Crippen molar-refractivity contribution in [2.24, 2.45) is 0 Å². The van der Waals surface area contributed by atoms with Crippen molar-refractivity contribution in [1.29, 1.82) is 0 Å². The number of carbonyl (C=O) groups excluding carboxylic acids is 1.